The number of hydrogen-bond acceptors (Lipinski definition) is 6. The Morgan fingerprint density at radius 1 is 1.25 bits per heavy atom. The van der Waals surface area contributed by atoms with E-state index in [1.165, 1.54) is 6.92 Å². The molecule has 1 aromatic heterocycles. The smallest absolute Gasteiger partial charge is 0.325 e. The first-order valence-electron chi connectivity index (χ1n) is 8.84. The maximum Gasteiger partial charge on any atom is 0.325 e. The Hall–Kier alpha value is -2.72. The van der Waals surface area contributed by atoms with Crippen LogP contribution in [-0.2, 0) is 26.0 Å². The Bertz CT molecular complexity index is 1120. The van der Waals surface area contributed by atoms with Crippen LogP contribution >= 0.6 is 0 Å². The molecule has 0 saturated carbocycles. The lowest BCUT2D eigenvalue weighted by Crippen LogP contribution is -2.44. The minimum atomic E-state index is -4.28. The van der Waals surface area contributed by atoms with Crippen LogP contribution in [0.25, 0.3) is 0 Å². The normalized spacial score (nSPS) is 17.1. The molecule has 9 nitrogen and oxygen atoms in total. The van der Waals surface area contributed by atoms with Crippen LogP contribution in [0, 0.1) is 6.92 Å². The summed E-state index contributed by atoms with van der Waals surface area (Å²) >= 11 is 0. The number of fused-ring (bicyclic) bond motifs is 1. The molecule has 0 radical (unpaired) electrons. The van der Waals surface area contributed by atoms with Crippen LogP contribution in [0.3, 0.4) is 0 Å². The fraction of sp³-hybridized carbons (Fsp3) is 0.389. The molecular formula is C18H21N3O6S. The van der Waals surface area contributed by atoms with E-state index in [2.05, 4.69) is 4.98 Å². The second-order valence-corrected chi connectivity index (χ2v) is 8.28. The molecule has 0 bridgehead atoms. The van der Waals surface area contributed by atoms with Gasteiger partial charge in [-0.3, -0.25) is 14.6 Å². The number of aromatic amines is 2. The number of H-pyrrole nitrogens is 2. The summed E-state index contributed by atoms with van der Waals surface area (Å²) in [5.74, 6) is -0.531. The van der Waals surface area contributed by atoms with Crippen LogP contribution in [0.5, 0.6) is 0 Å². The predicted molar refractivity (Wildman–Crippen MR) is 100 cm³/mol. The summed E-state index contributed by atoms with van der Waals surface area (Å²) < 4.78 is 32.8. The van der Waals surface area contributed by atoms with Crippen molar-refractivity contribution in [1.29, 1.82) is 0 Å². The van der Waals surface area contributed by atoms with Crippen molar-refractivity contribution in [1.82, 2.24) is 14.3 Å². The zero-order valence-electron chi connectivity index (χ0n) is 15.5. The Morgan fingerprint density at radius 2 is 1.96 bits per heavy atom. The Balaban J connectivity index is 2.12. The average Bonchev–Trinajstić information content (AvgIpc) is 2.60. The molecule has 0 saturated heterocycles. The van der Waals surface area contributed by atoms with Gasteiger partial charge < -0.3 is 9.72 Å². The highest BCUT2D eigenvalue weighted by molar-refractivity contribution is 7.89. The molecular weight excluding hydrogens is 386 g/mol. The van der Waals surface area contributed by atoms with Gasteiger partial charge in [-0.15, -0.1) is 0 Å². The van der Waals surface area contributed by atoms with Gasteiger partial charge >= 0.3 is 11.7 Å². The summed E-state index contributed by atoms with van der Waals surface area (Å²) in [6.45, 7) is 3.30. The van der Waals surface area contributed by atoms with E-state index >= 15 is 0 Å². The molecule has 2 heterocycles. The molecule has 1 aromatic carbocycles. The average molecular weight is 407 g/mol. The van der Waals surface area contributed by atoms with Crippen LogP contribution in [0.4, 0.5) is 0 Å². The van der Waals surface area contributed by atoms with Crippen molar-refractivity contribution in [3.63, 3.8) is 0 Å². The summed E-state index contributed by atoms with van der Waals surface area (Å²) in [5, 5.41) is 0. The number of benzene rings is 1. The maximum atomic E-state index is 13.3. The van der Waals surface area contributed by atoms with Gasteiger partial charge in [0.1, 0.15) is 0 Å². The van der Waals surface area contributed by atoms with Gasteiger partial charge in [0.25, 0.3) is 15.6 Å². The molecule has 10 heteroatoms. The van der Waals surface area contributed by atoms with E-state index in [-0.39, 0.29) is 25.3 Å². The third kappa shape index (κ3) is 3.65. The number of hydrogen-bond donors (Lipinski definition) is 2. The van der Waals surface area contributed by atoms with Crippen molar-refractivity contribution in [2.45, 2.75) is 37.6 Å². The number of carbonyl (C=O) groups is 1. The number of nitrogens with zero attached hydrogens (tertiary/aromatic N) is 1. The first-order valence-corrected chi connectivity index (χ1v) is 10.3. The number of esters is 1. The Morgan fingerprint density at radius 3 is 2.64 bits per heavy atom. The molecule has 0 amide bonds. The van der Waals surface area contributed by atoms with Crippen LogP contribution < -0.4 is 11.2 Å². The van der Waals surface area contributed by atoms with E-state index in [0.717, 1.165) is 9.87 Å². The number of ether oxygens (including phenoxy) is 1. The number of carbonyl (C=O) groups excluding carboxylic acids is 1. The number of sulfonamides is 1. The molecule has 2 N–H and O–H groups in total. The molecule has 0 aliphatic carbocycles. The SMILES string of the molecule is CCOC(=O)CC1c2ccccc2CCN1S(=O)(=O)c1c(C)[nH]c(=O)[nH]c1=O. The summed E-state index contributed by atoms with van der Waals surface area (Å²) in [6, 6.07) is 6.46. The highest BCUT2D eigenvalue weighted by atomic mass is 32.2. The van der Waals surface area contributed by atoms with Crippen molar-refractivity contribution < 1.29 is 17.9 Å². The lowest BCUT2D eigenvalue weighted by molar-refractivity contribution is -0.144. The molecule has 1 aliphatic rings. The second kappa shape index (κ2) is 7.72. The Kier molecular flexibility index (Phi) is 5.52. The second-order valence-electron chi connectivity index (χ2n) is 6.45. The van der Waals surface area contributed by atoms with E-state index in [4.69, 9.17) is 4.74 Å². The molecule has 1 atom stereocenters. The van der Waals surface area contributed by atoms with Crippen molar-refractivity contribution in [3.05, 3.63) is 61.9 Å². The zero-order chi connectivity index (χ0) is 20.5. The largest absolute Gasteiger partial charge is 0.466 e. The van der Waals surface area contributed by atoms with Gasteiger partial charge in [0, 0.05) is 12.2 Å². The van der Waals surface area contributed by atoms with Crippen LogP contribution in [0.15, 0.2) is 38.8 Å². The molecule has 3 rings (SSSR count). The fourth-order valence-electron chi connectivity index (χ4n) is 3.52. The third-order valence-corrected chi connectivity index (χ3v) is 6.73. The topological polar surface area (TPSA) is 129 Å². The minimum Gasteiger partial charge on any atom is -0.466 e. The summed E-state index contributed by atoms with van der Waals surface area (Å²) in [5.41, 5.74) is -0.190. The van der Waals surface area contributed by atoms with Gasteiger partial charge in [-0.1, -0.05) is 24.3 Å². The molecule has 0 fully saturated rings. The van der Waals surface area contributed by atoms with Gasteiger partial charge in [0.05, 0.1) is 19.1 Å². The molecule has 28 heavy (non-hydrogen) atoms. The zero-order valence-corrected chi connectivity index (χ0v) is 16.3. The van der Waals surface area contributed by atoms with Gasteiger partial charge in [-0.05, 0) is 31.4 Å². The Labute approximate surface area is 161 Å². The highest BCUT2D eigenvalue weighted by Gasteiger charge is 2.39. The molecule has 0 spiro atoms. The van der Waals surface area contributed by atoms with Crippen LogP contribution in [0.1, 0.15) is 36.2 Å². The van der Waals surface area contributed by atoms with Crippen LogP contribution in [0.2, 0.25) is 0 Å². The van der Waals surface area contributed by atoms with E-state index < -0.39 is 38.2 Å². The van der Waals surface area contributed by atoms with E-state index in [1.54, 1.807) is 19.1 Å². The quantitative estimate of drug-likeness (QED) is 0.699. The predicted octanol–water partition coefficient (Wildman–Crippen LogP) is 0.613. The number of nitrogens with one attached hydrogen (secondary N) is 2. The minimum absolute atomic E-state index is 0.0532. The van der Waals surface area contributed by atoms with Gasteiger partial charge in [-0.2, -0.15) is 4.31 Å². The number of rotatable bonds is 5. The number of aromatic nitrogens is 2. The lowest BCUT2D eigenvalue weighted by Gasteiger charge is -2.35. The number of aryl methyl sites for hydroxylation is 1. The van der Waals surface area contributed by atoms with Crippen molar-refractivity contribution >= 4 is 16.0 Å². The summed E-state index contributed by atoms with van der Waals surface area (Å²) in [4.78, 5) is 39.6. The highest BCUT2D eigenvalue weighted by Crippen LogP contribution is 2.36. The van der Waals surface area contributed by atoms with E-state index in [9.17, 15) is 22.8 Å². The fourth-order valence-corrected chi connectivity index (χ4v) is 5.33. The van der Waals surface area contributed by atoms with Crippen molar-refractivity contribution in [2.24, 2.45) is 0 Å². The van der Waals surface area contributed by atoms with Gasteiger partial charge in [0.15, 0.2) is 4.90 Å². The first kappa shape index (κ1) is 20.0. The maximum absolute atomic E-state index is 13.3. The lowest BCUT2D eigenvalue weighted by atomic mass is 9.92. The molecule has 150 valence electrons. The molecule has 2 aromatic rings. The van der Waals surface area contributed by atoms with E-state index in [0.29, 0.717) is 12.0 Å². The monoisotopic (exact) mass is 407 g/mol. The summed E-state index contributed by atoms with van der Waals surface area (Å²) in [6.07, 6.45) is 0.263. The van der Waals surface area contributed by atoms with Gasteiger partial charge in [-0.25, -0.2) is 13.2 Å². The van der Waals surface area contributed by atoms with Crippen molar-refractivity contribution in [3.8, 4) is 0 Å². The first-order chi connectivity index (χ1) is 13.3. The summed E-state index contributed by atoms with van der Waals surface area (Å²) in [7, 11) is -4.28. The van der Waals surface area contributed by atoms with E-state index in [1.807, 2.05) is 17.1 Å². The third-order valence-electron chi connectivity index (χ3n) is 4.67. The molecule has 1 unspecified atom stereocenters. The van der Waals surface area contributed by atoms with Crippen molar-refractivity contribution in [2.75, 3.05) is 13.2 Å². The van der Waals surface area contributed by atoms with Crippen LogP contribution in [-0.4, -0.2) is 41.8 Å². The molecule has 1 aliphatic heterocycles. The standard InChI is InChI=1S/C18H21N3O6S/c1-3-27-15(22)10-14-13-7-5-4-6-12(13)8-9-21(14)28(25,26)16-11(2)19-18(24)20-17(16)23/h4-7,14H,3,8-10H2,1-2H3,(H2,19,20,23,24). The van der Waals surface area contributed by atoms with Gasteiger partial charge in [0.2, 0.25) is 0 Å².